The van der Waals surface area contributed by atoms with E-state index < -0.39 is 0 Å². The summed E-state index contributed by atoms with van der Waals surface area (Å²) in [6.07, 6.45) is 0. The molecule has 0 bridgehead atoms. The van der Waals surface area contributed by atoms with Gasteiger partial charge in [0.2, 0.25) is 0 Å². The lowest BCUT2D eigenvalue weighted by atomic mass is 9.79. The van der Waals surface area contributed by atoms with E-state index in [9.17, 15) is 0 Å². The number of hydrogen-bond donors (Lipinski definition) is 0. The average molecular weight is 203 g/mol. The quantitative estimate of drug-likeness (QED) is 0.586. The summed E-state index contributed by atoms with van der Waals surface area (Å²) in [5, 5.41) is 0. The third-order valence-corrected chi connectivity index (χ3v) is 2.77. The normalized spacial score (nSPS) is 13.0. The Kier molecular flexibility index (Phi) is 3.00. The fourth-order valence-corrected chi connectivity index (χ4v) is 1.80. The number of benzene rings is 1. The predicted octanol–water partition coefficient (Wildman–Crippen LogP) is 4.39. The number of aryl methyl sites for hydroxylation is 1. The maximum atomic E-state index is 3.39. The van der Waals surface area contributed by atoms with Crippen molar-refractivity contribution in [1.82, 2.24) is 0 Å². The minimum Gasteiger partial charge on any atom is -0.0561 e. The smallest absolute Gasteiger partial charge is 0.0126 e. The van der Waals surface area contributed by atoms with Crippen LogP contribution in [0.4, 0.5) is 0 Å². The van der Waals surface area contributed by atoms with Gasteiger partial charge in [0.05, 0.1) is 0 Å². The molecule has 0 spiro atoms. The lowest BCUT2D eigenvalue weighted by molar-refractivity contribution is 0.565. The molecule has 0 aliphatic carbocycles. The molecule has 1 aromatic carbocycles. The Hall–Kier alpha value is -0.780. The van der Waals surface area contributed by atoms with E-state index >= 15 is 0 Å². The lowest BCUT2D eigenvalue weighted by Crippen LogP contribution is -2.17. The summed E-state index contributed by atoms with van der Waals surface area (Å²) < 4.78 is 0. The van der Waals surface area contributed by atoms with Crippen LogP contribution >= 0.6 is 0 Å². The van der Waals surface area contributed by atoms with Gasteiger partial charge in [-0.25, -0.2) is 0 Å². The Morgan fingerprint density at radius 3 is 1.87 bits per heavy atom. The van der Waals surface area contributed by atoms with E-state index in [1.54, 1.807) is 0 Å². The second-order valence-electron chi connectivity index (χ2n) is 6.44. The largest absolute Gasteiger partial charge is 0.0561 e. The van der Waals surface area contributed by atoms with Gasteiger partial charge >= 0.3 is 0 Å². The van der Waals surface area contributed by atoms with E-state index in [2.05, 4.69) is 66.7 Å². The van der Waals surface area contributed by atoms with Crippen LogP contribution in [0.5, 0.6) is 0 Å². The van der Waals surface area contributed by atoms with Gasteiger partial charge in [-0.05, 0) is 40.5 Å². The molecule has 0 amide bonds. The Labute approximate surface area is 94.7 Å². The van der Waals surface area contributed by atoms with E-state index in [1.165, 1.54) is 16.7 Å². The van der Waals surface area contributed by atoms with Crippen molar-refractivity contribution in [3.8, 4) is 0 Å². The molecule has 15 heavy (non-hydrogen) atoms. The Morgan fingerprint density at radius 2 is 1.47 bits per heavy atom. The molecule has 0 fully saturated rings. The highest BCUT2D eigenvalue weighted by Gasteiger charge is 2.20. The molecule has 0 aliphatic heterocycles. The SMILES string of the molecule is Cc1c[c]c(C(C)(C)C)cc1C(C)(C)C. The molecule has 0 unspecified atom stereocenters. The molecule has 0 aromatic heterocycles. The van der Waals surface area contributed by atoms with E-state index in [0.717, 1.165) is 0 Å². The van der Waals surface area contributed by atoms with Crippen LogP contribution in [0.2, 0.25) is 0 Å². The van der Waals surface area contributed by atoms with Gasteiger partial charge in [0.25, 0.3) is 0 Å². The van der Waals surface area contributed by atoms with Gasteiger partial charge in [0.1, 0.15) is 0 Å². The van der Waals surface area contributed by atoms with Gasteiger partial charge in [-0.15, -0.1) is 0 Å². The van der Waals surface area contributed by atoms with Crippen LogP contribution in [-0.2, 0) is 10.8 Å². The second-order valence-corrected chi connectivity index (χ2v) is 6.44. The topological polar surface area (TPSA) is 0 Å². The van der Waals surface area contributed by atoms with Gasteiger partial charge in [0, 0.05) is 0 Å². The zero-order valence-corrected chi connectivity index (χ0v) is 11.2. The van der Waals surface area contributed by atoms with E-state index in [0.29, 0.717) is 0 Å². The summed E-state index contributed by atoms with van der Waals surface area (Å²) in [6, 6.07) is 7.83. The van der Waals surface area contributed by atoms with Crippen LogP contribution in [0.25, 0.3) is 0 Å². The van der Waals surface area contributed by atoms with Gasteiger partial charge < -0.3 is 0 Å². The Morgan fingerprint density at radius 1 is 0.933 bits per heavy atom. The predicted molar refractivity (Wildman–Crippen MR) is 67.4 cm³/mol. The Bertz CT molecular complexity index is 345. The molecule has 0 saturated carbocycles. The first kappa shape index (κ1) is 12.3. The molecule has 83 valence electrons. The fraction of sp³-hybridized carbons (Fsp3) is 0.600. The molecule has 0 heteroatoms. The van der Waals surface area contributed by atoms with Gasteiger partial charge in [-0.2, -0.15) is 0 Å². The second kappa shape index (κ2) is 3.66. The fourth-order valence-electron chi connectivity index (χ4n) is 1.80. The minimum absolute atomic E-state index is 0.188. The standard InChI is InChI=1S/C15H23/c1-11-8-9-12(14(2,3)4)10-13(11)15(5,6)7/h8,10H,1-7H3. The molecule has 1 aromatic rings. The molecule has 0 heterocycles. The molecule has 0 nitrogen and oxygen atoms in total. The van der Waals surface area contributed by atoms with Crippen LogP contribution in [0, 0.1) is 13.0 Å². The number of rotatable bonds is 0. The monoisotopic (exact) mass is 203 g/mol. The first-order chi connectivity index (χ1) is 6.62. The van der Waals surface area contributed by atoms with Crippen LogP contribution < -0.4 is 0 Å². The molecule has 0 saturated heterocycles. The molecule has 1 rings (SSSR count). The van der Waals surface area contributed by atoms with Crippen LogP contribution in [0.15, 0.2) is 12.1 Å². The maximum absolute atomic E-state index is 3.39. The van der Waals surface area contributed by atoms with Crippen molar-refractivity contribution in [2.45, 2.75) is 59.3 Å². The van der Waals surface area contributed by atoms with Gasteiger partial charge in [-0.3, -0.25) is 0 Å². The van der Waals surface area contributed by atoms with Crippen LogP contribution in [-0.4, -0.2) is 0 Å². The highest BCUT2D eigenvalue weighted by molar-refractivity contribution is 5.37. The maximum Gasteiger partial charge on any atom is -0.0126 e. The minimum atomic E-state index is 0.188. The van der Waals surface area contributed by atoms with Crippen molar-refractivity contribution < 1.29 is 0 Å². The highest BCUT2D eigenvalue weighted by Crippen LogP contribution is 2.30. The molecule has 1 radical (unpaired) electrons. The summed E-state index contributed by atoms with van der Waals surface area (Å²) in [5.41, 5.74) is 4.49. The van der Waals surface area contributed by atoms with Crippen molar-refractivity contribution in [3.63, 3.8) is 0 Å². The van der Waals surface area contributed by atoms with Crippen molar-refractivity contribution in [3.05, 3.63) is 34.9 Å². The first-order valence-corrected chi connectivity index (χ1v) is 5.65. The zero-order chi connectivity index (χ0) is 11.9. The third-order valence-electron chi connectivity index (χ3n) is 2.77. The molecular weight excluding hydrogens is 180 g/mol. The Balaban J connectivity index is 3.30. The zero-order valence-electron chi connectivity index (χ0n) is 11.2. The van der Waals surface area contributed by atoms with Crippen molar-refractivity contribution >= 4 is 0 Å². The van der Waals surface area contributed by atoms with Gasteiger partial charge in [0.15, 0.2) is 0 Å². The summed E-state index contributed by atoms with van der Waals surface area (Å²) >= 11 is 0. The molecule has 0 aliphatic rings. The van der Waals surface area contributed by atoms with E-state index in [4.69, 9.17) is 0 Å². The van der Waals surface area contributed by atoms with Crippen molar-refractivity contribution in [1.29, 1.82) is 0 Å². The summed E-state index contributed by atoms with van der Waals surface area (Å²) in [6.45, 7) is 15.7. The number of hydrogen-bond acceptors (Lipinski definition) is 0. The molecule has 0 atom stereocenters. The molecule has 0 N–H and O–H groups in total. The van der Waals surface area contributed by atoms with Crippen molar-refractivity contribution in [2.24, 2.45) is 0 Å². The summed E-state index contributed by atoms with van der Waals surface area (Å²) in [7, 11) is 0. The van der Waals surface area contributed by atoms with Crippen molar-refractivity contribution in [2.75, 3.05) is 0 Å². The van der Waals surface area contributed by atoms with E-state index in [-0.39, 0.29) is 10.8 Å². The highest BCUT2D eigenvalue weighted by atomic mass is 14.2. The summed E-state index contributed by atoms with van der Waals surface area (Å²) in [5.74, 6) is 0. The average Bonchev–Trinajstić information content (AvgIpc) is 2.00. The van der Waals surface area contributed by atoms with Gasteiger partial charge in [-0.1, -0.05) is 53.7 Å². The van der Waals surface area contributed by atoms with Crippen LogP contribution in [0.3, 0.4) is 0 Å². The first-order valence-electron chi connectivity index (χ1n) is 5.65. The molecular formula is C15H23. The third kappa shape index (κ3) is 2.84. The van der Waals surface area contributed by atoms with E-state index in [1.807, 2.05) is 0 Å². The lowest BCUT2D eigenvalue weighted by Gasteiger charge is -2.26. The summed E-state index contributed by atoms with van der Waals surface area (Å²) in [4.78, 5) is 0. The van der Waals surface area contributed by atoms with Crippen LogP contribution in [0.1, 0.15) is 58.2 Å².